The van der Waals surface area contributed by atoms with Crippen LogP contribution in [0.4, 0.5) is 0 Å². The van der Waals surface area contributed by atoms with E-state index in [1.54, 1.807) is 29.8 Å². The quantitative estimate of drug-likeness (QED) is 0.755. The topological polar surface area (TPSA) is 76.5 Å². The summed E-state index contributed by atoms with van der Waals surface area (Å²) in [6.07, 6.45) is 4.10. The number of carbonyl (C=O) groups excluding carboxylic acids is 1. The van der Waals surface area contributed by atoms with E-state index in [4.69, 9.17) is 17.3 Å². The third kappa shape index (κ3) is 4.69. The number of nitrogens with two attached hydrogens (primary N) is 1. The van der Waals surface area contributed by atoms with Gasteiger partial charge in [0.05, 0.1) is 10.7 Å². The Balaban J connectivity index is 2.75. The summed E-state index contributed by atoms with van der Waals surface area (Å²) in [6.45, 7) is 6.90. The Labute approximate surface area is 171 Å². The van der Waals surface area contributed by atoms with E-state index >= 15 is 0 Å². The molecule has 0 fully saturated rings. The molecule has 7 heteroatoms. The maximum absolute atomic E-state index is 12.4. The van der Waals surface area contributed by atoms with Gasteiger partial charge in [-0.3, -0.25) is 14.4 Å². The average molecular weight is 402 g/mol. The fourth-order valence-electron chi connectivity index (χ4n) is 3.05. The van der Waals surface area contributed by atoms with Crippen molar-refractivity contribution < 1.29 is 4.79 Å². The third-order valence-electron chi connectivity index (χ3n) is 4.53. The molecule has 1 aromatic carbocycles. The molecule has 0 aliphatic heterocycles. The van der Waals surface area contributed by atoms with Crippen LogP contribution < -0.4 is 11.4 Å². The van der Waals surface area contributed by atoms with E-state index < -0.39 is 0 Å². The molecule has 150 valence electrons. The molecule has 0 radical (unpaired) electrons. The number of aromatic nitrogens is 2. The summed E-state index contributed by atoms with van der Waals surface area (Å²) in [7, 11) is 3.45. The Kier molecular flexibility index (Phi) is 7.54. The molecule has 1 heterocycles. The number of nitrogens with zero attached hydrogens (tertiary/aromatic N) is 4. The first-order valence-electron chi connectivity index (χ1n) is 9.28. The van der Waals surface area contributed by atoms with Gasteiger partial charge in [0.2, 0.25) is 11.5 Å². The van der Waals surface area contributed by atoms with Crippen molar-refractivity contribution in [2.75, 3.05) is 20.6 Å². The van der Waals surface area contributed by atoms with E-state index in [0.29, 0.717) is 23.7 Å². The molecule has 0 bridgehead atoms. The highest BCUT2D eigenvalue weighted by atomic mass is 35.5. The van der Waals surface area contributed by atoms with Gasteiger partial charge in [-0.15, -0.1) is 0 Å². The molecule has 2 rings (SSSR count). The standard InChI is InChI=1S/C21H28ClN5O/c1-6-10-26(5)19(28)9-11-27-20(16-8-7-14(2)12-18(16)22)17(13-23)15(3)25-21(27)24-4/h7-9,11-12H,6,10,13,23H2,1-5H3/b11-9+,24-21?. The van der Waals surface area contributed by atoms with E-state index in [2.05, 4.69) is 9.98 Å². The summed E-state index contributed by atoms with van der Waals surface area (Å²) < 4.78 is 1.78. The average Bonchev–Trinajstić information content (AvgIpc) is 2.66. The van der Waals surface area contributed by atoms with Crippen LogP contribution in [0.2, 0.25) is 5.02 Å². The summed E-state index contributed by atoms with van der Waals surface area (Å²) in [5.74, 6) is -0.0905. The van der Waals surface area contributed by atoms with Gasteiger partial charge in [0.25, 0.3) is 0 Å². The molecule has 0 saturated carbocycles. The van der Waals surface area contributed by atoms with Gasteiger partial charge in [0, 0.05) is 56.3 Å². The number of benzene rings is 1. The summed E-state index contributed by atoms with van der Waals surface area (Å²) in [4.78, 5) is 22.9. The molecular formula is C21H28ClN5O. The molecule has 1 amide bonds. The second-order valence-corrected chi connectivity index (χ2v) is 7.09. The lowest BCUT2D eigenvalue weighted by atomic mass is 10.0. The van der Waals surface area contributed by atoms with Crippen molar-refractivity contribution in [3.05, 3.63) is 51.7 Å². The Morgan fingerprint density at radius 2 is 2.11 bits per heavy atom. The normalized spacial score (nSPS) is 12.0. The minimum atomic E-state index is -0.0905. The molecule has 0 aliphatic carbocycles. The summed E-state index contributed by atoms with van der Waals surface area (Å²) >= 11 is 6.56. The number of carbonyl (C=O) groups is 1. The van der Waals surface area contributed by atoms with Crippen LogP contribution in [0.15, 0.2) is 29.3 Å². The van der Waals surface area contributed by atoms with Crippen molar-refractivity contribution in [2.24, 2.45) is 10.7 Å². The molecular weight excluding hydrogens is 374 g/mol. The van der Waals surface area contributed by atoms with Crippen molar-refractivity contribution in [1.82, 2.24) is 14.5 Å². The smallest absolute Gasteiger partial charge is 0.247 e. The molecule has 0 spiro atoms. The van der Waals surface area contributed by atoms with Crippen molar-refractivity contribution >= 4 is 23.7 Å². The Morgan fingerprint density at radius 3 is 2.68 bits per heavy atom. The summed E-state index contributed by atoms with van der Waals surface area (Å²) in [6, 6.07) is 5.86. The molecule has 2 N–H and O–H groups in total. The van der Waals surface area contributed by atoms with Crippen LogP contribution >= 0.6 is 11.6 Å². The van der Waals surface area contributed by atoms with Crippen LogP contribution in [-0.2, 0) is 11.3 Å². The first kappa shape index (κ1) is 21.9. The van der Waals surface area contributed by atoms with Crippen molar-refractivity contribution in [2.45, 2.75) is 33.7 Å². The van der Waals surface area contributed by atoms with Gasteiger partial charge in [0.1, 0.15) is 0 Å². The van der Waals surface area contributed by atoms with Crippen molar-refractivity contribution in [3.8, 4) is 11.3 Å². The third-order valence-corrected chi connectivity index (χ3v) is 4.84. The lowest BCUT2D eigenvalue weighted by molar-refractivity contribution is -0.124. The number of hydrogen-bond acceptors (Lipinski definition) is 4. The highest BCUT2D eigenvalue weighted by Crippen LogP contribution is 2.31. The van der Waals surface area contributed by atoms with Crippen LogP contribution in [0, 0.1) is 13.8 Å². The van der Waals surface area contributed by atoms with Crippen LogP contribution in [0.1, 0.15) is 30.2 Å². The number of amides is 1. The SMILES string of the molecule is CCCN(C)C(=O)/C=C/n1c(-c2ccc(C)cc2Cl)c(CN)c(C)nc1=NC. The lowest BCUT2D eigenvalue weighted by Gasteiger charge is -2.18. The molecule has 0 atom stereocenters. The highest BCUT2D eigenvalue weighted by Gasteiger charge is 2.17. The predicted molar refractivity (Wildman–Crippen MR) is 115 cm³/mol. The number of hydrogen-bond donors (Lipinski definition) is 1. The molecule has 2 aromatic rings. The second kappa shape index (κ2) is 9.66. The maximum atomic E-state index is 12.4. The monoisotopic (exact) mass is 401 g/mol. The lowest BCUT2D eigenvalue weighted by Crippen LogP contribution is -2.28. The van der Waals surface area contributed by atoms with E-state index in [1.165, 1.54) is 6.08 Å². The van der Waals surface area contributed by atoms with Gasteiger partial charge in [-0.1, -0.05) is 30.7 Å². The van der Waals surface area contributed by atoms with Gasteiger partial charge in [-0.05, 0) is 31.9 Å². The summed E-state index contributed by atoms with van der Waals surface area (Å²) in [5.41, 5.74) is 10.8. The molecule has 28 heavy (non-hydrogen) atoms. The number of halogens is 1. The fourth-order valence-corrected chi connectivity index (χ4v) is 3.37. The van der Waals surface area contributed by atoms with Crippen LogP contribution in [0.5, 0.6) is 0 Å². The number of likely N-dealkylation sites (N-methyl/N-ethyl adjacent to an activating group) is 1. The molecule has 6 nitrogen and oxygen atoms in total. The van der Waals surface area contributed by atoms with Crippen molar-refractivity contribution in [3.63, 3.8) is 0 Å². The Hall–Kier alpha value is -2.44. The maximum Gasteiger partial charge on any atom is 0.247 e. The first-order valence-corrected chi connectivity index (χ1v) is 9.66. The van der Waals surface area contributed by atoms with E-state index in [1.807, 2.05) is 39.0 Å². The molecule has 0 aliphatic rings. The predicted octanol–water partition coefficient (Wildman–Crippen LogP) is 3.15. The van der Waals surface area contributed by atoms with Gasteiger partial charge < -0.3 is 10.6 Å². The first-order chi connectivity index (χ1) is 13.3. The fraction of sp³-hybridized carbons (Fsp3) is 0.381. The summed E-state index contributed by atoms with van der Waals surface area (Å²) in [5, 5.41) is 0.610. The van der Waals surface area contributed by atoms with Crippen LogP contribution in [-0.4, -0.2) is 41.0 Å². The zero-order valence-corrected chi connectivity index (χ0v) is 17.9. The van der Waals surface area contributed by atoms with Crippen LogP contribution in [0.25, 0.3) is 17.5 Å². The number of rotatable bonds is 6. The zero-order chi connectivity index (χ0) is 20.8. The van der Waals surface area contributed by atoms with E-state index in [9.17, 15) is 4.79 Å². The molecule has 1 aromatic heterocycles. The van der Waals surface area contributed by atoms with Gasteiger partial charge in [0.15, 0.2) is 0 Å². The highest BCUT2D eigenvalue weighted by molar-refractivity contribution is 6.33. The van der Waals surface area contributed by atoms with E-state index in [0.717, 1.165) is 34.5 Å². The van der Waals surface area contributed by atoms with Gasteiger partial charge in [-0.25, -0.2) is 4.98 Å². The minimum absolute atomic E-state index is 0.0905. The molecule has 0 saturated heterocycles. The largest absolute Gasteiger partial charge is 0.342 e. The second-order valence-electron chi connectivity index (χ2n) is 6.68. The Bertz CT molecular complexity index is 962. The Morgan fingerprint density at radius 1 is 1.39 bits per heavy atom. The zero-order valence-electron chi connectivity index (χ0n) is 17.2. The number of aryl methyl sites for hydroxylation is 2. The van der Waals surface area contributed by atoms with E-state index in [-0.39, 0.29) is 5.91 Å². The van der Waals surface area contributed by atoms with Crippen LogP contribution in [0.3, 0.4) is 0 Å². The minimum Gasteiger partial charge on any atom is -0.342 e. The van der Waals surface area contributed by atoms with Crippen molar-refractivity contribution in [1.29, 1.82) is 0 Å². The van der Waals surface area contributed by atoms with Gasteiger partial charge in [-0.2, -0.15) is 0 Å². The molecule has 0 unspecified atom stereocenters. The van der Waals surface area contributed by atoms with Gasteiger partial charge >= 0.3 is 0 Å².